The van der Waals surface area contributed by atoms with Crippen LogP contribution in [0.15, 0.2) is 30.3 Å². The average Bonchev–Trinajstić information content (AvgIpc) is 2.16. The molecule has 1 aromatic carbocycles. The Bertz CT molecular complexity index is 460. The van der Waals surface area contributed by atoms with Gasteiger partial charge in [0.2, 0.25) is 10.0 Å². The monoisotopic (exact) mass is 259 g/mol. The van der Waals surface area contributed by atoms with Crippen LogP contribution in [0.2, 0.25) is 0 Å². The van der Waals surface area contributed by atoms with Gasteiger partial charge >= 0.3 is 0 Å². The van der Waals surface area contributed by atoms with E-state index >= 15 is 0 Å². The quantitative estimate of drug-likeness (QED) is 0.704. The maximum absolute atomic E-state index is 11.8. The van der Waals surface area contributed by atoms with Gasteiger partial charge in [0, 0.05) is 0 Å². The first-order valence-electron chi connectivity index (χ1n) is 5.18. The second-order valence-corrected chi connectivity index (χ2v) is 5.82. The summed E-state index contributed by atoms with van der Waals surface area (Å²) in [6, 6.07) is 8.00. The fraction of sp³-hybridized carbons (Fsp3) is 0.455. The Morgan fingerprint density at radius 2 is 1.53 bits per heavy atom. The van der Waals surface area contributed by atoms with E-state index in [9.17, 15) is 18.6 Å². The fourth-order valence-electron chi connectivity index (χ4n) is 2.17. The highest BCUT2D eigenvalue weighted by Gasteiger charge is 2.51. The smallest absolute Gasteiger partial charge is 0.224 e. The van der Waals surface area contributed by atoms with E-state index in [0.717, 1.165) is 0 Å². The molecule has 0 bridgehead atoms. The number of rotatable bonds is 4. The Morgan fingerprint density at radius 1 is 1.12 bits per heavy atom. The molecule has 0 amide bonds. The van der Waals surface area contributed by atoms with Crippen LogP contribution >= 0.6 is 0 Å². The standard InChI is InChI=1S/C11H17NO4S/c1-8(13)11(9(2)14,17(12,15)16)10-6-4-3-5-7-10/h3-9,13-14H,1-2H3,(H2,12,15,16). The summed E-state index contributed by atoms with van der Waals surface area (Å²) >= 11 is 0. The molecule has 2 atom stereocenters. The lowest BCUT2D eigenvalue weighted by Gasteiger charge is -2.37. The number of aliphatic hydroxyl groups is 2. The lowest BCUT2D eigenvalue weighted by atomic mass is 9.88. The molecule has 5 nitrogen and oxygen atoms in total. The van der Waals surface area contributed by atoms with Crippen molar-refractivity contribution in [3.8, 4) is 0 Å². The van der Waals surface area contributed by atoms with E-state index in [1.54, 1.807) is 18.2 Å². The third kappa shape index (κ3) is 2.21. The maximum Gasteiger partial charge on any atom is 0.224 e. The zero-order valence-corrected chi connectivity index (χ0v) is 10.6. The summed E-state index contributed by atoms with van der Waals surface area (Å²) in [5.41, 5.74) is 0.271. The maximum atomic E-state index is 11.8. The Balaban J connectivity index is 3.60. The average molecular weight is 259 g/mol. The molecule has 0 heterocycles. The highest BCUT2D eigenvalue weighted by Crippen LogP contribution is 2.36. The van der Waals surface area contributed by atoms with Gasteiger partial charge in [-0.2, -0.15) is 0 Å². The summed E-state index contributed by atoms with van der Waals surface area (Å²) in [6.45, 7) is 2.59. The number of aliphatic hydroxyl groups excluding tert-OH is 2. The topological polar surface area (TPSA) is 101 Å². The molecule has 0 fully saturated rings. The Labute approximate surface area is 101 Å². The van der Waals surface area contributed by atoms with Crippen molar-refractivity contribution in [2.24, 2.45) is 5.14 Å². The van der Waals surface area contributed by atoms with Crippen molar-refractivity contribution < 1.29 is 18.6 Å². The van der Waals surface area contributed by atoms with Crippen molar-refractivity contribution >= 4 is 10.0 Å². The Morgan fingerprint density at radius 3 is 1.82 bits per heavy atom. The lowest BCUT2D eigenvalue weighted by Crippen LogP contribution is -2.55. The van der Waals surface area contributed by atoms with Gasteiger partial charge in [0.05, 0.1) is 12.2 Å². The first-order chi connectivity index (χ1) is 7.74. The van der Waals surface area contributed by atoms with Crippen molar-refractivity contribution in [3.05, 3.63) is 35.9 Å². The molecule has 0 spiro atoms. The van der Waals surface area contributed by atoms with Crippen LogP contribution in [-0.4, -0.2) is 30.8 Å². The number of hydrogen-bond acceptors (Lipinski definition) is 4. The van der Waals surface area contributed by atoms with E-state index < -0.39 is 27.0 Å². The second-order valence-electron chi connectivity index (χ2n) is 4.06. The van der Waals surface area contributed by atoms with Crippen LogP contribution in [0.25, 0.3) is 0 Å². The molecule has 17 heavy (non-hydrogen) atoms. The molecule has 0 saturated carbocycles. The molecule has 0 aliphatic heterocycles. The Hall–Kier alpha value is -0.950. The third-order valence-corrected chi connectivity index (χ3v) is 4.80. The highest BCUT2D eigenvalue weighted by molar-refractivity contribution is 7.90. The third-order valence-electron chi connectivity index (χ3n) is 2.94. The SMILES string of the molecule is CC(O)C(c1ccccc1)(C(C)O)S(N)(=O)=O. The van der Waals surface area contributed by atoms with Crippen molar-refractivity contribution in [1.82, 2.24) is 0 Å². The molecule has 1 rings (SSSR count). The summed E-state index contributed by atoms with van der Waals surface area (Å²) in [4.78, 5) is 0. The van der Waals surface area contributed by atoms with Crippen molar-refractivity contribution in [2.75, 3.05) is 0 Å². The van der Waals surface area contributed by atoms with Crippen molar-refractivity contribution in [2.45, 2.75) is 30.8 Å². The van der Waals surface area contributed by atoms with Gasteiger partial charge in [-0.25, -0.2) is 13.6 Å². The van der Waals surface area contributed by atoms with Crippen LogP contribution in [0.4, 0.5) is 0 Å². The van der Waals surface area contributed by atoms with Crippen molar-refractivity contribution in [3.63, 3.8) is 0 Å². The molecule has 6 heteroatoms. The molecule has 1 aromatic rings. The summed E-state index contributed by atoms with van der Waals surface area (Å²) in [6.07, 6.45) is -2.67. The molecular formula is C11H17NO4S. The normalized spacial score (nSPS) is 19.4. The highest BCUT2D eigenvalue weighted by atomic mass is 32.2. The van der Waals surface area contributed by atoms with E-state index in [2.05, 4.69) is 0 Å². The predicted octanol–water partition coefficient (Wildman–Crippen LogP) is -0.0680. The van der Waals surface area contributed by atoms with Crippen LogP contribution in [0, 0.1) is 0 Å². The van der Waals surface area contributed by atoms with Gasteiger partial charge < -0.3 is 10.2 Å². The fourth-order valence-corrected chi connectivity index (χ4v) is 3.59. The number of primary sulfonamides is 1. The van der Waals surface area contributed by atoms with Gasteiger partial charge in [-0.3, -0.25) is 0 Å². The number of sulfonamides is 1. The molecule has 0 saturated heterocycles. The number of benzene rings is 1. The number of hydrogen-bond donors (Lipinski definition) is 3. The second kappa shape index (κ2) is 4.73. The molecule has 0 radical (unpaired) electrons. The van der Waals surface area contributed by atoms with E-state index in [1.807, 2.05) is 0 Å². The van der Waals surface area contributed by atoms with Gasteiger partial charge in [0.15, 0.2) is 4.75 Å². The molecule has 4 N–H and O–H groups in total. The first-order valence-corrected chi connectivity index (χ1v) is 6.73. The van der Waals surface area contributed by atoms with Crippen LogP contribution in [0.1, 0.15) is 19.4 Å². The van der Waals surface area contributed by atoms with E-state index in [1.165, 1.54) is 26.0 Å². The van der Waals surface area contributed by atoms with Gasteiger partial charge in [-0.15, -0.1) is 0 Å². The predicted molar refractivity (Wildman–Crippen MR) is 64.6 cm³/mol. The van der Waals surface area contributed by atoms with E-state index in [4.69, 9.17) is 5.14 Å². The van der Waals surface area contributed by atoms with Gasteiger partial charge in [-0.05, 0) is 19.4 Å². The van der Waals surface area contributed by atoms with Crippen LogP contribution in [-0.2, 0) is 14.8 Å². The van der Waals surface area contributed by atoms with E-state index in [-0.39, 0.29) is 5.56 Å². The zero-order valence-electron chi connectivity index (χ0n) is 9.74. The minimum absolute atomic E-state index is 0.271. The van der Waals surface area contributed by atoms with Gasteiger partial charge in [-0.1, -0.05) is 30.3 Å². The summed E-state index contributed by atoms with van der Waals surface area (Å²) < 4.78 is 21.7. The van der Waals surface area contributed by atoms with Gasteiger partial charge in [0.25, 0.3) is 0 Å². The molecule has 96 valence electrons. The molecule has 0 aromatic heterocycles. The van der Waals surface area contributed by atoms with E-state index in [0.29, 0.717) is 0 Å². The summed E-state index contributed by atoms with van der Waals surface area (Å²) in [5.74, 6) is 0. The van der Waals surface area contributed by atoms with Crippen LogP contribution < -0.4 is 5.14 Å². The first kappa shape index (κ1) is 14.1. The van der Waals surface area contributed by atoms with Crippen LogP contribution in [0.5, 0.6) is 0 Å². The summed E-state index contributed by atoms with van der Waals surface area (Å²) in [5, 5.41) is 24.8. The minimum atomic E-state index is -4.18. The van der Waals surface area contributed by atoms with Gasteiger partial charge in [0.1, 0.15) is 0 Å². The van der Waals surface area contributed by atoms with Crippen LogP contribution in [0.3, 0.4) is 0 Å². The van der Waals surface area contributed by atoms with Crippen molar-refractivity contribution in [1.29, 1.82) is 0 Å². The zero-order chi connectivity index (χ0) is 13.3. The molecule has 2 unspecified atom stereocenters. The largest absolute Gasteiger partial charge is 0.391 e. The summed E-state index contributed by atoms with van der Waals surface area (Å²) in [7, 11) is -4.18. The number of nitrogens with two attached hydrogens (primary N) is 1. The molecular weight excluding hydrogens is 242 g/mol. The molecule has 0 aliphatic rings. The lowest BCUT2D eigenvalue weighted by molar-refractivity contribution is 0.0480. The minimum Gasteiger partial charge on any atom is -0.391 e. The molecule has 0 aliphatic carbocycles. The Kier molecular flexibility index (Phi) is 3.93.